The highest BCUT2D eigenvalue weighted by Crippen LogP contribution is 2.46. The topological polar surface area (TPSA) is 55.6 Å². The Balaban J connectivity index is 2.06. The zero-order valence-electron chi connectivity index (χ0n) is 10.8. The minimum Gasteiger partial charge on any atom is -0.444 e. The van der Waals surface area contributed by atoms with Gasteiger partial charge in [-0.1, -0.05) is 0 Å². The molecule has 0 aromatic carbocycles. The number of rotatable bonds is 0. The van der Waals surface area contributed by atoms with Gasteiger partial charge in [0.25, 0.3) is 0 Å². The number of ether oxygens (including phenoxy) is 1. The summed E-state index contributed by atoms with van der Waals surface area (Å²) in [7, 11) is 0. The lowest BCUT2D eigenvalue weighted by molar-refractivity contribution is 0.0255. The molecule has 4 nitrogen and oxygen atoms in total. The molecule has 0 radical (unpaired) electrons. The predicted molar refractivity (Wildman–Crippen MR) is 62.4 cm³/mol. The van der Waals surface area contributed by atoms with E-state index in [0.717, 1.165) is 6.42 Å². The molecule has 1 aliphatic carbocycles. The number of hydrogen-bond acceptors (Lipinski definition) is 3. The van der Waals surface area contributed by atoms with Crippen LogP contribution < -0.4 is 5.73 Å². The van der Waals surface area contributed by atoms with Crippen molar-refractivity contribution in [2.24, 2.45) is 5.73 Å². The van der Waals surface area contributed by atoms with E-state index in [1.165, 1.54) is 4.90 Å². The molecule has 5 heteroatoms. The monoisotopic (exact) mass is 244 g/mol. The molecule has 2 rings (SSSR count). The fourth-order valence-corrected chi connectivity index (χ4v) is 2.77. The molecule has 1 saturated carbocycles. The van der Waals surface area contributed by atoms with Gasteiger partial charge in [0, 0.05) is 6.54 Å². The number of carbonyl (C=O) groups is 1. The van der Waals surface area contributed by atoms with Crippen LogP contribution in [0.4, 0.5) is 9.18 Å². The van der Waals surface area contributed by atoms with E-state index >= 15 is 0 Å². The standard InChI is InChI=1S/C12H21FN2O2/c1-10(2,3)17-9(16)15-7-11(13)5-4-6-12(11,14)8-15/h4-8,14H2,1-3H3/t11-,12+/m0/s1. The molecule has 2 aliphatic rings. The molecule has 2 fully saturated rings. The van der Waals surface area contributed by atoms with Crippen molar-refractivity contribution in [1.82, 2.24) is 4.90 Å². The Hall–Kier alpha value is -0.840. The number of nitrogens with zero attached hydrogens (tertiary/aromatic N) is 1. The summed E-state index contributed by atoms with van der Waals surface area (Å²) in [6, 6.07) is 0. The summed E-state index contributed by atoms with van der Waals surface area (Å²) < 4.78 is 19.8. The van der Waals surface area contributed by atoms with Gasteiger partial charge in [-0.3, -0.25) is 0 Å². The first-order valence-electron chi connectivity index (χ1n) is 6.11. The Bertz CT molecular complexity index is 324. The first-order valence-corrected chi connectivity index (χ1v) is 6.11. The summed E-state index contributed by atoms with van der Waals surface area (Å²) in [5.74, 6) is 0. The Labute approximate surface area is 101 Å². The van der Waals surface area contributed by atoms with Crippen molar-refractivity contribution in [3.05, 3.63) is 0 Å². The number of nitrogens with two attached hydrogens (primary N) is 1. The smallest absolute Gasteiger partial charge is 0.410 e. The van der Waals surface area contributed by atoms with Crippen LogP contribution in [0.1, 0.15) is 40.0 Å². The van der Waals surface area contributed by atoms with Crippen molar-refractivity contribution in [3.8, 4) is 0 Å². The highest BCUT2D eigenvalue weighted by molar-refractivity contribution is 5.69. The van der Waals surface area contributed by atoms with Crippen LogP contribution in [0.15, 0.2) is 0 Å². The normalized spacial score (nSPS) is 37.1. The highest BCUT2D eigenvalue weighted by Gasteiger charge is 2.60. The molecule has 1 heterocycles. The second-order valence-corrected chi connectivity index (χ2v) is 6.31. The van der Waals surface area contributed by atoms with Crippen molar-refractivity contribution in [2.45, 2.75) is 56.8 Å². The molecule has 0 unspecified atom stereocenters. The number of alkyl halides is 1. The third kappa shape index (κ3) is 2.12. The van der Waals surface area contributed by atoms with Crippen molar-refractivity contribution in [2.75, 3.05) is 13.1 Å². The zero-order chi connectivity index (χ0) is 12.9. The molecule has 2 atom stereocenters. The second-order valence-electron chi connectivity index (χ2n) is 6.31. The lowest BCUT2D eigenvalue weighted by Gasteiger charge is -2.27. The summed E-state index contributed by atoms with van der Waals surface area (Å²) in [6.07, 6.45) is 1.43. The molecular weight excluding hydrogens is 223 g/mol. The van der Waals surface area contributed by atoms with E-state index in [9.17, 15) is 9.18 Å². The molecule has 17 heavy (non-hydrogen) atoms. The number of carbonyl (C=O) groups excluding carboxylic acids is 1. The van der Waals surface area contributed by atoms with Gasteiger partial charge < -0.3 is 15.4 Å². The molecule has 0 aromatic rings. The summed E-state index contributed by atoms with van der Waals surface area (Å²) in [5.41, 5.74) is 3.21. The van der Waals surface area contributed by atoms with Crippen LogP contribution in [0, 0.1) is 0 Å². The molecule has 0 aromatic heterocycles. The third-order valence-electron chi connectivity index (χ3n) is 3.65. The van der Waals surface area contributed by atoms with Crippen LogP contribution in [0.3, 0.4) is 0 Å². The van der Waals surface area contributed by atoms with E-state index in [1.807, 2.05) is 0 Å². The number of amides is 1. The van der Waals surface area contributed by atoms with Gasteiger partial charge in [0.1, 0.15) is 11.3 Å². The molecule has 1 aliphatic heterocycles. The summed E-state index contributed by atoms with van der Waals surface area (Å²) in [4.78, 5) is 13.3. The molecule has 0 spiro atoms. The van der Waals surface area contributed by atoms with E-state index in [2.05, 4.69) is 0 Å². The number of likely N-dealkylation sites (tertiary alicyclic amines) is 1. The van der Waals surface area contributed by atoms with E-state index in [-0.39, 0.29) is 13.1 Å². The lowest BCUT2D eigenvalue weighted by Crippen LogP contribution is -2.53. The maximum Gasteiger partial charge on any atom is 0.410 e. The molecule has 1 amide bonds. The van der Waals surface area contributed by atoms with Crippen molar-refractivity contribution < 1.29 is 13.9 Å². The van der Waals surface area contributed by atoms with Gasteiger partial charge in [0.2, 0.25) is 0 Å². The Kier molecular flexibility index (Phi) is 2.65. The van der Waals surface area contributed by atoms with Crippen LogP contribution >= 0.6 is 0 Å². The zero-order valence-corrected chi connectivity index (χ0v) is 10.8. The largest absolute Gasteiger partial charge is 0.444 e. The van der Waals surface area contributed by atoms with Crippen molar-refractivity contribution in [3.63, 3.8) is 0 Å². The second kappa shape index (κ2) is 3.57. The van der Waals surface area contributed by atoms with Gasteiger partial charge in [-0.25, -0.2) is 9.18 Å². The Morgan fingerprint density at radius 2 is 2.00 bits per heavy atom. The maximum atomic E-state index is 14.6. The first-order chi connectivity index (χ1) is 7.65. The summed E-state index contributed by atoms with van der Waals surface area (Å²) >= 11 is 0. The van der Waals surface area contributed by atoms with Gasteiger partial charge in [-0.05, 0) is 40.0 Å². The summed E-state index contributed by atoms with van der Waals surface area (Å²) in [5, 5.41) is 0. The minimum atomic E-state index is -1.43. The van der Waals surface area contributed by atoms with Gasteiger partial charge in [0.15, 0.2) is 0 Å². The van der Waals surface area contributed by atoms with E-state index in [4.69, 9.17) is 10.5 Å². The SMILES string of the molecule is CC(C)(C)OC(=O)N1C[C@]2(N)CCC[C@]2(F)C1. The first kappa shape index (κ1) is 12.6. The van der Waals surface area contributed by atoms with Gasteiger partial charge in [-0.2, -0.15) is 0 Å². The predicted octanol–water partition coefficient (Wildman–Crippen LogP) is 1.83. The minimum absolute atomic E-state index is 0.0679. The van der Waals surface area contributed by atoms with Crippen molar-refractivity contribution in [1.29, 1.82) is 0 Å². The molecule has 98 valence electrons. The van der Waals surface area contributed by atoms with Crippen LogP contribution in [-0.2, 0) is 4.74 Å². The van der Waals surface area contributed by atoms with E-state index in [1.54, 1.807) is 20.8 Å². The fraction of sp³-hybridized carbons (Fsp3) is 0.917. The number of hydrogen-bond donors (Lipinski definition) is 1. The number of fused-ring (bicyclic) bond motifs is 1. The summed E-state index contributed by atoms with van der Waals surface area (Å²) in [6.45, 7) is 5.72. The molecule has 1 saturated heterocycles. The van der Waals surface area contributed by atoms with Crippen LogP contribution in [0.5, 0.6) is 0 Å². The van der Waals surface area contributed by atoms with Crippen LogP contribution in [0.25, 0.3) is 0 Å². The van der Waals surface area contributed by atoms with Gasteiger partial charge in [-0.15, -0.1) is 0 Å². The number of halogens is 1. The Morgan fingerprint density at radius 3 is 2.53 bits per heavy atom. The molecule has 0 bridgehead atoms. The molecular formula is C12H21FN2O2. The quantitative estimate of drug-likeness (QED) is 0.707. The average Bonchev–Trinajstić information content (AvgIpc) is 2.50. The fourth-order valence-electron chi connectivity index (χ4n) is 2.77. The van der Waals surface area contributed by atoms with Crippen molar-refractivity contribution >= 4 is 6.09 Å². The average molecular weight is 244 g/mol. The maximum absolute atomic E-state index is 14.6. The third-order valence-corrected chi connectivity index (χ3v) is 3.65. The van der Waals surface area contributed by atoms with Gasteiger partial charge >= 0.3 is 6.09 Å². The lowest BCUT2D eigenvalue weighted by atomic mass is 9.89. The van der Waals surface area contributed by atoms with E-state index in [0.29, 0.717) is 12.8 Å². The van der Waals surface area contributed by atoms with E-state index < -0.39 is 22.9 Å². The van der Waals surface area contributed by atoms with Crippen LogP contribution in [-0.4, -0.2) is 40.9 Å². The van der Waals surface area contributed by atoms with Crippen LogP contribution in [0.2, 0.25) is 0 Å². The molecule has 2 N–H and O–H groups in total. The Morgan fingerprint density at radius 1 is 1.35 bits per heavy atom. The highest BCUT2D eigenvalue weighted by atomic mass is 19.1. The van der Waals surface area contributed by atoms with Gasteiger partial charge in [0.05, 0.1) is 12.1 Å².